The van der Waals surface area contributed by atoms with Crippen LogP contribution in [0, 0.1) is 0 Å². The van der Waals surface area contributed by atoms with Crippen LogP contribution in [0.2, 0.25) is 0 Å². The molecule has 0 aliphatic heterocycles. The summed E-state index contributed by atoms with van der Waals surface area (Å²) in [6.45, 7) is 0.336. The van der Waals surface area contributed by atoms with E-state index in [2.05, 4.69) is 5.32 Å². The van der Waals surface area contributed by atoms with Crippen LogP contribution in [0.25, 0.3) is 0 Å². The van der Waals surface area contributed by atoms with Crippen LogP contribution in [0.1, 0.15) is 26.3 Å². The SMILES string of the molecule is COc1cc(C(=O)O)ccc1CCNC(=O)c1c(OC)cccc1OC. The van der Waals surface area contributed by atoms with Crippen molar-refractivity contribution in [3.05, 3.63) is 53.1 Å². The van der Waals surface area contributed by atoms with Gasteiger partial charge in [0.25, 0.3) is 5.91 Å². The Morgan fingerprint density at radius 2 is 1.58 bits per heavy atom. The number of nitrogens with one attached hydrogen (secondary N) is 1. The number of carbonyl (C=O) groups is 2. The van der Waals surface area contributed by atoms with E-state index in [-0.39, 0.29) is 11.5 Å². The highest BCUT2D eigenvalue weighted by molar-refractivity contribution is 5.99. The van der Waals surface area contributed by atoms with Crippen LogP contribution in [-0.2, 0) is 6.42 Å². The molecule has 0 spiro atoms. The molecule has 0 aliphatic carbocycles. The first-order valence-electron chi connectivity index (χ1n) is 7.91. The third-order valence-corrected chi connectivity index (χ3v) is 3.87. The predicted molar refractivity (Wildman–Crippen MR) is 95.5 cm³/mol. The number of carboxylic acids is 1. The molecule has 2 rings (SSSR count). The summed E-state index contributed by atoms with van der Waals surface area (Å²) in [6, 6.07) is 9.76. The number of hydrogen-bond acceptors (Lipinski definition) is 5. The fourth-order valence-corrected chi connectivity index (χ4v) is 2.56. The lowest BCUT2D eigenvalue weighted by Gasteiger charge is -2.14. The highest BCUT2D eigenvalue weighted by Crippen LogP contribution is 2.28. The molecule has 2 N–H and O–H groups in total. The number of benzene rings is 2. The van der Waals surface area contributed by atoms with Gasteiger partial charge in [-0.05, 0) is 36.2 Å². The zero-order valence-corrected chi connectivity index (χ0v) is 14.9. The molecule has 0 fully saturated rings. The molecule has 0 bridgehead atoms. The van der Waals surface area contributed by atoms with Crippen LogP contribution < -0.4 is 19.5 Å². The van der Waals surface area contributed by atoms with E-state index in [9.17, 15) is 9.59 Å². The molecule has 7 nitrogen and oxygen atoms in total. The number of amides is 1. The molecule has 7 heteroatoms. The third-order valence-electron chi connectivity index (χ3n) is 3.87. The molecule has 0 aliphatic rings. The van der Waals surface area contributed by atoms with Gasteiger partial charge in [0.2, 0.25) is 0 Å². The number of ether oxygens (including phenoxy) is 3. The predicted octanol–water partition coefficient (Wildman–Crippen LogP) is 2.38. The van der Waals surface area contributed by atoms with Gasteiger partial charge in [0.1, 0.15) is 22.8 Å². The lowest BCUT2D eigenvalue weighted by atomic mass is 10.1. The van der Waals surface area contributed by atoms with E-state index in [1.807, 2.05) is 0 Å². The van der Waals surface area contributed by atoms with Gasteiger partial charge >= 0.3 is 5.97 Å². The molecular formula is C19H21NO6. The lowest BCUT2D eigenvalue weighted by Crippen LogP contribution is -2.26. The van der Waals surface area contributed by atoms with Crippen molar-refractivity contribution in [3.8, 4) is 17.2 Å². The van der Waals surface area contributed by atoms with Gasteiger partial charge in [-0.3, -0.25) is 4.79 Å². The average Bonchev–Trinajstić information content (AvgIpc) is 2.66. The zero-order chi connectivity index (χ0) is 19.1. The smallest absolute Gasteiger partial charge is 0.335 e. The highest BCUT2D eigenvalue weighted by Gasteiger charge is 2.18. The average molecular weight is 359 g/mol. The van der Waals surface area contributed by atoms with Crippen molar-refractivity contribution < 1.29 is 28.9 Å². The van der Waals surface area contributed by atoms with Crippen LogP contribution in [0.3, 0.4) is 0 Å². The molecule has 2 aromatic carbocycles. The molecule has 0 atom stereocenters. The van der Waals surface area contributed by atoms with E-state index in [1.165, 1.54) is 33.5 Å². The summed E-state index contributed by atoms with van der Waals surface area (Å²) in [5, 5.41) is 11.8. The molecule has 0 heterocycles. The number of methoxy groups -OCH3 is 3. The van der Waals surface area contributed by atoms with Crippen molar-refractivity contribution in [2.45, 2.75) is 6.42 Å². The summed E-state index contributed by atoms with van der Waals surface area (Å²) in [4.78, 5) is 23.5. The number of hydrogen-bond donors (Lipinski definition) is 2. The van der Waals surface area contributed by atoms with Crippen molar-refractivity contribution in [2.24, 2.45) is 0 Å². The minimum atomic E-state index is -1.02. The molecular weight excluding hydrogens is 338 g/mol. The first-order valence-corrected chi connectivity index (χ1v) is 7.91. The van der Waals surface area contributed by atoms with Gasteiger partial charge < -0.3 is 24.6 Å². The topological polar surface area (TPSA) is 94.1 Å². The van der Waals surface area contributed by atoms with Gasteiger partial charge in [0.15, 0.2) is 0 Å². The van der Waals surface area contributed by atoms with Crippen molar-refractivity contribution >= 4 is 11.9 Å². The lowest BCUT2D eigenvalue weighted by molar-refractivity contribution is 0.0696. The van der Waals surface area contributed by atoms with Crippen LogP contribution in [0.5, 0.6) is 17.2 Å². The standard InChI is InChI=1S/C19H21NO6/c1-24-14-5-4-6-15(25-2)17(14)18(21)20-10-9-12-7-8-13(19(22)23)11-16(12)26-3/h4-8,11H,9-10H2,1-3H3,(H,20,21)(H,22,23). The van der Waals surface area contributed by atoms with Gasteiger partial charge in [0.05, 0.1) is 26.9 Å². The summed E-state index contributed by atoms with van der Waals surface area (Å²) >= 11 is 0. The van der Waals surface area contributed by atoms with Crippen LogP contribution in [0.15, 0.2) is 36.4 Å². The molecule has 138 valence electrons. The van der Waals surface area contributed by atoms with E-state index < -0.39 is 5.97 Å². The third kappa shape index (κ3) is 4.24. The molecule has 0 saturated carbocycles. The van der Waals surface area contributed by atoms with Crippen molar-refractivity contribution in [1.29, 1.82) is 0 Å². The first-order chi connectivity index (χ1) is 12.5. The number of carboxylic acid groups (broad SMARTS) is 1. The Labute approximate surface area is 151 Å². The second-order valence-corrected chi connectivity index (χ2v) is 5.38. The van der Waals surface area contributed by atoms with Gasteiger partial charge in [-0.25, -0.2) is 4.79 Å². The Morgan fingerprint density at radius 1 is 0.962 bits per heavy atom. The molecule has 0 aromatic heterocycles. The summed E-state index contributed by atoms with van der Waals surface area (Å²) in [7, 11) is 4.45. The summed E-state index contributed by atoms with van der Waals surface area (Å²) in [6.07, 6.45) is 0.478. The summed E-state index contributed by atoms with van der Waals surface area (Å²) in [5.74, 6) is -0.0312. The molecule has 26 heavy (non-hydrogen) atoms. The van der Waals surface area contributed by atoms with Gasteiger partial charge in [-0.2, -0.15) is 0 Å². The van der Waals surface area contributed by atoms with Crippen LogP contribution >= 0.6 is 0 Å². The summed E-state index contributed by atoms with van der Waals surface area (Å²) < 4.78 is 15.7. The monoisotopic (exact) mass is 359 g/mol. The fourth-order valence-electron chi connectivity index (χ4n) is 2.56. The van der Waals surface area contributed by atoms with E-state index >= 15 is 0 Å². The molecule has 0 saturated heterocycles. The minimum Gasteiger partial charge on any atom is -0.496 e. The van der Waals surface area contributed by atoms with E-state index in [0.29, 0.717) is 35.8 Å². The Morgan fingerprint density at radius 3 is 2.12 bits per heavy atom. The Bertz CT molecular complexity index is 780. The number of carbonyl (C=O) groups excluding carboxylic acids is 1. The highest BCUT2D eigenvalue weighted by atomic mass is 16.5. The van der Waals surface area contributed by atoms with E-state index in [1.54, 1.807) is 24.3 Å². The van der Waals surface area contributed by atoms with Gasteiger partial charge in [0, 0.05) is 6.54 Å². The Hall–Kier alpha value is -3.22. The Balaban J connectivity index is 2.09. The largest absolute Gasteiger partial charge is 0.496 e. The Kier molecular flexibility index (Phi) is 6.43. The quantitative estimate of drug-likeness (QED) is 0.752. The van der Waals surface area contributed by atoms with Crippen molar-refractivity contribution in [2.75, 3.05) is 27.9 Å². The van der Waals surface area contributed by atoms with Gasteiger partial charge in [-0.15, -0.1) is 0 Å². The molecule has 0 unspecified atom stereocenters. The number of rotatable bonds is 8. The van der Waals surface area contributed by atoms with Gasteiger partial charge in [-0.1, -0.05) is 12.1 Å². The first kappa shape index (κ1) is 19.1. The second kappa shape index (κ2) is 8.75. The maximum absolute atomic E-state index is 12.5. The zero-order valence-electron chi connectivity index (χ0n) is 14.9. The van der Waals surface area contributed by atoms with E-state index in [0.717, 1.165) is 5.56 Å². The molecule has 0 radical (unpaired) electrons. The van der Waals surface area contributed by atoms with E-state index in [4.69, 9.17) is 19.3 Å². The minimum absolute atomic E-state index is 0.147. The van der Waals surface area contributed by atoms with Crippen molar-refractivity contribution in [1.82, 2.24) is 5.32 Å². The maximum Gasteiger partial charge on any atom is 0.335 e. The van der Waals surface area contributed by atoms with Crippen molar-refractivity contribution in [3.63, 3.8) is 0 Å². The summed E-state index contributed by atoms with van der Waals surface area (Å²) in [5.41, 5.74) is 1.27. The molecule has 2 aromatic rings. The normalized spacial score (nSPS) is 10.1. The fraction of sp³-hybridized carbons (Fsp3) is 0.263. The second-order valence-electron chi connectivity index (χ2n) is 5.38. The van der Waals surface area contributed by atoms with Crippen LogP contribution in [-0.4, -0.2) is 44.9 Å². The van der Waals surface area contributed by atoms with Crippen LogP contribution in [0.4, 0.5) is 0 Å². The molecule has 1 amide bonds. The maximum atomic E-state index is 12.5. The number of aromatic carboxylic acids is 1.